The van der Waals surface area contributed by atoms with Crippen LogP contribution in [0.4, 0.5) is 5.69 Å². The highest BCUT2D eigenvalue weighted by molar-refractivity contribution is 8.18. The van der Waals surface area contributed by atoms with Crippen LogP contribution in [-0.2, 0) is 17.9 Å². The zero-order valence-corrected chi connectivity index (χ0v) is 20.8. The number of nitriles is 1. The molecule has 0 radical (unpaired) electrons. The van der Waals surface area contributed by atoms with Crippen LogP contribution in [0.5, 0.6) is 5.75 Å². The maximum atomic E-state index is 13.4. The van der Waals surface area contributed by atoms with Crippen molar-refractivity contribution >= 4 is 34.6 Å². The third-order valence-electron chi connectivity index (χ3n) is 5.76. The molecule has 6 heteroatoms. The minimum atomic E-state index is -0.0722. The number of para-hydroxylation sites is 1. The molecule has 1 amide bonds. The van der Waals surface area contributed by atoms with E-state index in [0.717, 1.165) is 22.4 Å². The van der Waals surface area contributed by atoms with Crippen LogP contribution >= 0.6 is 11.8 Å². The summed E-state index contributed by atoms with van der Waals surface area (Å²) in [5.41, 5.74) is 4.18. The average molecular weight is 502 g/mol. The molecule has 1 heterocycles. The van der Waals surface area contributed by atoms with Gasteiger partial charge in [-0.2, -0.15) is 5.26 Å². The van der Waals surface area contributed by atoms with E-state index < -0.39 is 0 Å². The quantitative estimate of drug-likeness (QED) is 0.257. The summed E-state index contributed by atoms with van der Waals surface area (Å²) in [5, 5.41) is 9.91. The molecule has 5 rings (SSSR count). The highest BCUT2D eigenvalue weighted by Crippen LogP contribution is 2.35. The summed E-state index contributed by atoms with van der Waals surface area (Å²) in [4.78, 5) is 20.5. The number of benzene rings is 4. The topological polar surface area (TPSA) is 65.7 Å². The second-order valence-corrected chi connectivity index (χ2v) is 9.35. The molecule has 1 fully saturated rings. The Bertz CT molecular complexity index is 1490. The zero-order chi connectivity index (χ0) is 25.5. The maximum Gasteiger partial charge on any atom is 0.267 e. The zero-order valence-electron chi connectivity index (χ0n) is 20.0. The van der Waals surface area contributed by atoms with Gasteiger partial charge >= 0.3 is 0 Å². The Labute approximate surface area is 220 Å². The van der Waals surface area contributed by atoms with Crippen molar-refractivity contribution in [3.8, 4) is 11.8 Å². The van der Waals surface area contributed by atoms with Crippen molar-refractivity contribution in [3.63, 3.8) is 0 Å². The third-order valence-corrected chi connectivity index (χ3v) is 6.77. The Balaban J connectivity index is 1.34. The van der Waals surface area contributed by atoms with E-state index in [4.69, 9.17) is 9.73 Å². The molecule has 4 aromatic carbocycles. The first-order chi connectivity index (χ1) is 18.2. The van der Waals surface area contributed by atoms with Crippen LogP contribution in [0.2, 0.25) is 0 Å². The molecule has 0 bridgehead atoms. The van der Waals surface area contributed by atoms with Crippen LogP contribution in [0.15, 0.2) is 119 Å². The molecule has 180 valence electrons. The summed E-state index contributed by atoms with van der Waals surface area (Å²) in [6, 6.07) is 36.7. The molecule has 4 aromatic rings. The predicted molar refractivity (Wildman–Crippen MR) is 148 cm³/mol. The van der Waals surface area contributed by atoms with Crippen LogP contribution in [0.1, 0.15) is 22.3 Å². The number of amides is 1. The molecular formula is C31H23N3O2S. The van der Waals surface area contributed by atoms with E-state index in [9.17, 15) is 10.1 Å². The molecule has 0 unspecified atom stereocenters. The van der Waals surface area contributed by atoms with E-state index in [2.05, 4.69) is 6.07 Å². The molecule has 0 N–H and O–H groups in total. The summed E-state index contributed by atoms with van der Waals surface area (Å²) >= 11 is 1.38. The smallest absolute Gasteiger partial charge is 0.267 e. The largest absolute Gasteiger partial charge is 0.489 e. The van der Waals surface area contributed by atoms with Gasteiger partial charge in [0, 0.05) is 5.56 Å². The third kappa shape index (κ3) is 5.97. The number of ether oxygens (including phenoxy) is 1. The molecule has 0 aliphatic carbocycles. The number of hydrogen-bond donors (Lipinski definition) is 0. The van der Waals surface area contributed by atoms with Gasteiger partial charge in [0.15, 0.2) is 5.17 Å². The van der Waals surface area contributed by atoms with E-state index >= 15 is 0 Å². The molecule has 1 saturated heterocycles. The number of thioether (sulfide) groups is 1. The number of amidine groups is 1. The van der Waals surface area contributed by atoms with Gasteiger partial charge in [-0.1, -0.05) is 78.9 Å². The highest BCUT2D eigenvalue weighted by Gasteiger charge is 2.33. The van der Waals surface area contributed by atoms with E-state index in [0.29, 0.717) is 34.5 Å². The van der Waals surface area contributed by atoms with Crippen molar-refractivity contribution in [1.29, 1.82) is 5.26 Å². The lowest BCUT2D eigenvalue weighted by atomic mass is 10.1. The first-order valence-corrected chi connectivity index (χ1v) is 12.6. The minimum absolute atomic E-state index is 0.0722. The van der Waals surface area contributed by atoms with Crippen molar-refractivity contribution in [2.24, 2.45) is 4.99 Å². The number of carbonyl (C=O) groups is 1. The van der Waals surface area contributed by atoms with Crippen LogP contribution in [0, 0.1) is 11.3 Å². The minimum Gasteiger partial charge on any atom is -0.489 e. The maximum absolute atomic E-state index is 13.4. The van der Waals surface area contributed by atoms with Gasteiger partial charge < -0.3 is 4.74 Å². The number of rotatable bonds is 7. The van der Waals surface area contributed by atoms with Gasteiger partial charge in [-0.3, -0.25) is 9.69 Å². The van der Waals surface area contributed by atoms with Gasteiger partial charge in [0.25, 0.3) is 5.91 Å². The van der Waals surface area contributed by atoms with Gasteiger partial charge in [-0.05, 0) is 59.3 Å². The van der Waals surface area contributed by atoms with Crippen LogP contribution in [-0.4, -0.2) is 16.0 Å². The Morgan fingerprint density at radius 2 is 1.54 bits per heavy atom. The van der Waals surface area contributed by atoms with Crippen LogP contribution < -0.4 is 4.74 Å². The first-order valence-electron chi connectivity index (χ1n) is 11.8. The van der Waals surface area contributed by atoms with E-state index in [1.54, 1.807) is 11.0 Å². The molecule has 37 heavy (non-hydrogen) atoms. The summed E-state index contributed by atoms with van der Waals surface area (Å²) in [7, 11) is 0. The molecule has 0 spiro atoms. The van der Waals surface area contributed by atoms with E-state index in [1.165, 1.54) is 11.8 Å². The fourth-order valence-corrected chi connectivity index (χ4v) is 4.84. The summed E-state index contributed by atoms with van der Waals surface area (Å²) in [6.45, 7) is 0.763. The molecule has 1 aliphatic heterocycles. The SMILES string of the molecule is N#Cc1ccccc1COc1ccc(/C=C2/SC(=Nc3ccccc3)N(Cc3ccccc3)C2=O)cc1. The number of hydrogen-bond acceptors (Lipinski definition) is 5. The molecule has 0 aromatic heterocycles. The normalized spacial score (nSPS) is 15.2. The van der Waals surface area contributed by atoms with Gasteiger partial charge in [-0.25, -0.2) is 4.99 Å². The van der Waals surface area contributed by atoms with Crippen molar-refractivity contribution < 1.29 is 9.53 Å². The molecule has 1 aliphatic rings. The summed E-state index contributed by atoms with van der Waals surface area (Å²) in [5.74, 6) is 0.620. The Morgan fingerprint density at radius 3 is 2.27 bits per heavy atom. The number of aliphatic imine (C=N–C) groups is 1. The number of nitrogens with zero attached hydrogens (tertiary/aromatic N) is 3. The lowest BCUT2D eigenvalue weighted by Crippen LogP contribution is -2.28. The number of carbonyl (C=O) groups excluding carboxylic acids is 1. The fraction of sp³-hybridized carbons (Fsp3) is 0.0645. The van der Waals surface area contributed by atoms with Gasteiger partial charge in [0.05, 0.1) is 28.8 Å². The van der Waals surface area contributed by atoms with Crippen LogP contribution in [0.25, 0.3) is 6.08 Å². The summed E-state index contributed by atoms with van der Waals surface area (Å²) in [6.07, 6.45) is 1.88. The second kappa shape index (κ2) is 11.4. The lowest BCUT2D eigenvalue weighted by Gasteiger charge is -2.15. The van der Waals surface area contributed by atoms with Crippen molar-refractivity contribution in [2.45, 2.75) is 13.2 Å². The van der Waals surface area contributed by atoms with Crippen molar-refractivity contribution in [1.82, 2.24) is 4.90 Å². The molecular weight excluding hydrogens is 478 g/mol. The molecule has 0 atom stereocenters. The Kier molecular flexibility index (Phi) is 7.44. The van der Waals surface area contributed by atoms with Gasteiger partial charge in [-0.15, -0.1) is 0 Å². The van der Waals surface area contributed by atoms with E-state index in [-0.39, 0.29) is 5.91 Å². The second-order valence-electron chi connectivity index (χ2n) is 8.34. The Morgan fingerprint density at radius 1 is 0.865 bits per heavy atom. The van der Waals surface area contributed by atoms with Gasteiger partial charge in [0.1, 0.15) is 12.4 Å². The average Bonchev–Trinajstić information content (AvgIpc) is 3.22. The molecule has 5 nitrogen and oxygen atoms in total. The monoisotopic (exact) mass is 501 g/mol. The van der Waals surface area contributed by atoms with Crippen molar-refractivity contribution in [2.75, 3.05) is 0 Å². The van der Waals surface area contributed by atoms with Crippen LogP contribution in [0.3, 0.4) is 0 Å². The summed E-state index contributed by atoms with van der Waals surface area (Å²) < 4.78 is 5.88. The fourth-order valence-electron chi connectivity index (χ4n) is 3.84. The lowest BCUT2D eigenvalue weighted by molar-refractivity contribution is -0.122. The molecule has 0 saturated carbocycles. The first kappa shape index (κ1) is 24.1. The standard InChI is InChI=1S/C31H23N3O2S/c32-20-25-11-7-8-12-26(25)22-36-28-17-15-23(16-18-28)19-29-30(35)34(21-24-9-3-1-4-10-24)31(37-29)33-27-13-5-2-6-14-27/h1-19H,21-22H2/b29-19+,33-31?. The predicted octanol–water partition coefficient (Wildman–Crippen LogP) is 6.94. The van der Waals surface area contributed by atoms with Gasteiger partial charge in [0.2, 0.25) is 0 Å². The highest BCUT2D eigenvalue weighted by atomic mass is 32.2. The Hall–Kier alpha value is -4.60. The van der Waals surface area contributed by atoms with Crippen molar-refractivity contribution in [3.05, 3.63) is 136 Å². The van der Waals surface area contributed by atoms with E-state index in [1.807, 2.05) is 109 Å².